The number of carbonyl (C=O) groups excluding carboxylic acids is 2. The van der Waals surface area contributed by atoms with E-state index >= 15 is 0 Å². The van der Waals surface area contributed by atoms with E-state index in [2.05, 4.69) is 5.32 Å². The summed E-state index contributed by atoms with van der Waals surface area (Å²) in [6, 6.07) is 13.2. The Bertz CT molecular complexity index is 926. The van der Waals surface area contributed by atoms with Gasteiger partial charge in [-0.05, 0) is 42.5 Å². The zero-order valence-electron chi connectivity index (χ0n) is 15.6. The van der Waals surface area contributed by atoms with E-state index in [1.54, 1.807) is 47.4 Å². The first-order valence-electron chi connectivity index (χ1n) is 9.01. The molecule has 0 saturated carbocycles. The van der Waals surface area contributed by atoms with Crippen molar-refractivity contribution in [2.45, 2.75) is 19.6 Å². The first-order chi connectivity index (χ1) is 13.9. The van der Waals surface area contributed by atoms with Crippen molar-refractivity contribution < 1.29 is 14.3 Å². The number of rotatable bonds is 5. The Morgan fingerprint density at radius 1 is 1.14 bits per heavy atom. The number of benzene rings is 2. The number of hydrogen-bond acceptors (Lipinski definition) is 4. The van der Waals surface area contributed by atoms with E-state index < -0.39 is 12.2 Å². The Kier molecular flexibility index (Phi) is 6.95. The number of urea groups is 1. The molecule has 0 radical (unpaired) electrons. The van der Waals surface area contributed by atoms with Gasteiger partial charge in [0.2, 0.25) is 0 Å². The van der Waals surface area contributed by atoms with Crippen molar-refractivity contribution in [1.29, 1.82) is 0 Å². The number of halogens is 2. The minimum Gasteiger partial charge on any atom is -0.438 e. The van der Waals surface area contributed by atoms with Gasteiger partial charge >= 0.3 is 12.0 Å². The van der Waals surface area contributed by atoms with E-state index in [-0.39, 0.29) is 6.03 Å². The van der Waals surface area contributed by atoms with Crippen molar-refractivity contribution in [3.05, 3.63) is 64.1 Å². The summed E-state index contributed by atoms with van der Waals surface area (Å²) in [5, 5.41) is 3.79. The van der Waals surface area contributed by atoms with Crippen molar-refractivity contribution in [3.63, 3.8) is 0 Å². The van der Waals surface area contributed by atoms with Gasteiger partial charge in [-0.15, -0.1) is 0 Å². The molecule has 1 saturated heterocycles. The van der Waals surface area contributed by atoms with Gasteiger partial charge in [0.25, 0.3) is 0 Å². The molecule has 1 aliphatic heterocycles. The zero-order chi connectivity index (χ0) is 21.0. The summed E-state index contributed by atoms with van der Waals surface area (Å²) in [5.41, 5.74) is 0.971. The number of nitrogens with zero attached hydrogens (tertiary/aromatic N) is 2. The molecular formula is C20H19Cl2N3O3S. The van der Waals surface area contributed by atoms with Crippen LogP contribution in [0.15, 0.2) is 48.5 Å². The summed E-state index contributed by atoms with van der Waals surface area (Å²) in [6.45, 7) is 2.74. The van der Waals surface area contributed by atoms with Crippen molar-refractivity contribution in [2.24, 2.45) is 0 Å². The van der Waals surface area contributed by atoms with Crippen LogP contribution in [0.3, 0.4) is 0 Å². The maximum absolute atomic E-state index is 12.6. The van der Waals surface area contributed by atoms with Gasteiger partial charge in [-0.25, -0.2) is 9.59 Å². The van der Waals surface area contributed by atoms with Crippen LogP contribution in [0.2, 0.25) is 10.0 Å². The lowest BCUT2D eigenvalue weighted by Crippen LogP contribution is -2.44. The lowest BCUT2D eigenvalue weighted by atomic mass is 10.2. The molecule has 2 amide bonds. The second kappa shape index (κ2) is 9.43. The molecule has 0 spiro atoms. The standard InChI is InChI=1S/C20H19Cl2N3O3S/c1-2-17(28-18(26)13-6-4-3-5-7-13)24-10-11-25(20(24)29)19(27)23-14-8-9-15(21)16(22)12-14/h3-9,12,17H,2,10-11H2,1H3,(H,23,27). The highest BCUT2D eigenvalue weighted by Crippen LogP contribution is 2.26. The third-order valence-corrected chi connectivity index (χ3v) is 5.60. The lowest BCUT2D eigenvalue weighted by Gasteiger charge is -2.28. The molecule has 1 fully saturated rings. The van der Waals surface area contributed by atoms with Crippen LogP contribution in [-0.4, -0.2) is 46.2 Å². The van der Waals surface area contributed by atoms with Crippen molar-refractivity contribution >= 4 is 58.2 Å². The van der Waals surface area contributed by atoms with E-state index in [0.29, 0.717) is 45.9 Å². The Morgan fingerprint density at radius 2 is 1.86 bits per heavy atom. The Labute approximate surface area is 184 Å². The molecule has 1 atom stereocenters. The number of thiocarbonyl (C=S) groups is 1. The molecule has 1 unspecified atom stereocenters. The second-order valence-electron chi connectivity index (χ2n) is 6.32. The highest BCUT2D eigenvalue weighted by atomic mass is 35.5. The number of nitrogens with one attached hydrogen (secondary N) is 1. The van der Waals surface area contributed by atoms with Crippen LogP contribution in [0.25, 0.3) is 0 Å². The molecule has 3 rings (SSSR count). The van der Waals surface area contributed by atoms with Crippen LogP contribution in [-0.2, 0) is 4.74 Å². The maximum atomic E-state index is 12.6. The zero-order valence-corrected chi connectivity index (χ0v) is 17.9. The highest BCUT2D eigenvalue weighted by molar-refractivity contribution is 7.80. The largest absolute Gasteiger partial charge is 0.438 e. The topological polar surface area (TPSA) is 61.9 Å². The number of esters is 1. The number of hydrogen-bond donors (Lipinski definition) is 1. The van der Waals surface area contributed by atoms with Crippen LogP contribution >= 0.6 is 35.4 Å². The average Bonchev–Trinajstić information content (AvgIpc) is 3.10. The fraction of sp³-hybridized carbons (Fsp3) is 0.250. The van der Waals surface area contributed by atoms with Gasteiger partial charge in [0.15, 0.2) is 11.3 Å². The second-order valence-corrected chi connectivity index (χ2v) is 7.50. The fourth-order valence-electron chi connectivity index (χ4n) is 2.91. The summed E-state index contributed by atoms with van der Waals surface area (Å²) < 4.78 is 5.62. The molecule has 0 aromatic heterocycles. The van der Waals surface area contributed by atoms with Crippen LogP contribution in [0, 0.1) is 0 Å². The van der Waals surface area contributed by atoms with Crippen LogP contribution in [0.5, 0.6) is 0 Å². The van der Waals surface area contributed by atoms with E-state index in [9.17, 15) is 9.59 Å². The molecule has 9 heteroatoms. The van der Waals surface area contributed by atoms with Gasteiger partial charge in [0.1, 0.15) is 0 Å². The van der Waals surface area contributed by atoms with Gasteiger partial charge < -0.3 is 15.0 Å². The summed E-state index contributed by atoms with van der Waals surface area (Å²) in [4.78, 5) is 28.2. The molecule has 0 bridgehead atoms. The Balaban J connectivity index is 1.64. The minimum atomic E-state index is -0.557. The fourth-order valence-corrected chi connectivity index (χ4v) is 3.59. The first kappa shape index (κ1) is 21.4. The van der Waals surface area contributed by atoms with Gasteiger partial charge in [-0.1, -0.05) is 48.3 Å². The van der Waals surface area contributed by atoms with Crippen molar-refractivity contribution in [1.82, 2.24) is 9.80 Å². The molecule has 1 aliphatic rings. The summed E-state index contributed by atoms with van der Waals surface area (Å²) in [7, 11) is 0. The molecule has 29 heavy (non-hydrogen) atoms. The maximum Gasteiger partial charge on any atom is 0.340 e. The Morgan fingerprint density at radius 3 is 2.52 bits per heavy atom. The van der Waals surface area contributed by atoms with Crippen molar-refractivity contribution in [2.75, 3.05) is 18.4 Å². The predicted molar refractivity (Wildman–Crippen MR) is 117 cm³/mol. The van der Waals surface area contributed by atoms with Gasteiger partial charge in [-0.2, -0.15) is 0 Å². The number of amides is 2. The highest BCUT2D eigenvalue weighted by Gasteiger charge is 2.35. The van der Waals surface area contributed by atoms with Crippen LogP contribution in [0.4, 0.5) is 10.5 Å². The Hall–Kier alpha value is -2.35. The third kappa shape index (κ3) is 4.98. The van der Waals surface area contributed by atoms with Gasteiger partial charge in [0, 0.05) is 25.2 Å². The van der Waals surface area contributed by atoms with E-state index in [0.717, 1.165) is 0 Å². The first-order valence-corrected chi connectivity index (χ1v) is 10.2. The number of anilines is 1. The summed E-state index contributed by atoms with van der Waals surface area (Å²) in [5.74, 6) is -0.432. The number of ether oxygens (including phenoxy) is 1. The number of carbonyl (C=O) groups is 2. The SMILES string of the molecule is CCC(OC(=O)c1ccccc1)N1CCN(C(=O)Nc2ccc(Cl)c(Cl)c2)C1=S. The summed E-state index contributed by atoms with van der Waals surface area (Å²) >= 11 is 17.4. The monoisotopic (exact) mass is 451 g/mol. The lowest BCUT2D eigenvalue weighted by molar-refractivity contribution is -0.00541. The van der Waals surface area contributed by atoms with E-state index in [4.69, 9.17) is 40.2 Å². The quantitative estimate of drug-likeness (QED) is 0.510. The smallest absolute Gasteiger partial charge is 0.340 e. The molecule has 152 valence electrons. The predicted octanol–water partition coefficient (Wildman–Crippen LogP) is 5.02. The average molecular weight is 452 g/mol. The molecule has 1 N–H and O–H groups in total. The van der Waals surface area contributed by atoms with E-state index in [1.807, 2.05) is 13.0 Å². The van der Waals surface area contributed by atoms with Crippen LogP contribution < -0.4 is 5.32 Å². The molecule has 2 aromatic rings. The normalized spacial score (nSPS) is 14.7. The molecule has 0 aliphatic carbocycles. The van der Waals surface area contributed by atoms with E-state index in [1.165, 1.54) is 4.90 Å². The molecule has 6 nitrogen and oxygen atoms in total. The molecule has 1 heterocycles. The van der Waals surface area contributed by atoms with Crippen LogP contribution in [0.1, 0.15) is 23.7 Å². The van der Waals surface area contributed by atoms with Gasteiger partial charge in [0.05, 0.1) is 15.6 Å². The molecular weight excluding hydrogens is 433 g/mol. The third-order valence-electron chi connectivity index (χ3n) is 4.41. The van der Waals surface area contributed by atoms with Gasteiger partial charge in [-0.3, -0.25) is 4.90 Å². The summed E-state index contributed by atoms with van der Waals surface area (Å²) in [6.07, 6.45) is -0.0287. The molecule has 2 aromatic carbocycles. The van der Waals surface area contributed by atoms with Crippen molar-refractivity contribution in [3.8, 4) is 0 Å². The minimum absolute atomic E-state index is 0.301.